The van der Waals surface area contributed by atoms with E-state index >= 15 is 0 Å². The van der Waals surface area contributed by atoms with Crippen molar-refractivity contribution in [3.63, 3.8) is 0 Å². The molecule has 0 bridgehead atoms. The van der Waals surface area contributed by atoms with E-state index in [1.165, 1.54) is 0 Å². The monoisotopic (exact) mass is 383 g/mol. The maximum Gasteiger partial charge on any atom is 0.293 e. The number of carbonyl (C=O) groups excluding carboxylic acids is 4. The number of hydrogen-bond acceptors (Lipinski definition) is 7. The third-order valence-electron chi connectivity index (χ3n) is 5.21. The average Bonchev–Trinajstić information content (AvgIpc) is 2.75. The van der Waals surface area contributed by atoms with Crippen molar-refractivity contribution in [2.45, 2.75) is 31.6 Å². The first-order valence-corrected chi connectivity index (χ1v) is 9.19. The van der Waals surface area contributed by atoms with Crippen LogP contribution in [0, 0.1) is 5.92 Å². The summed E-state index contributed by atoms with van der Waals surface area (Å²) < 4.78 is 9.08. The summed E-state index contributed by atoms with van der Waals surface area (Å²) >= 11 is 0. The van der Waals surface area contributed by atoms with Crippen LogP contribution in [-0.2, 0) is 23.9 Å². The number of fused-ring (bicyclic) bond motifs is 1. The zero-order chi connectivity index (χ0) is 19.9. The highest BCUT2D eigenvalue weighted by atomic mass is 16.5. The Bertz CT molecular complexity index is 886. The predicted molar refractivity (Wildman–Crippen MR) is 99.8 cm³/mol. The van der Waals surface area contributed by atoms with Gasteiger partial charge in [0.2, 0.25) is 0 Å². The summed E-state index contributed by atoms with van der Waals surface area (Å²) in [7, 11) is 0. The molecular formula is C21H21NO6. The van der Waals surface area contributed by atoms with Crippen molar-refractivity contribution in [1.29, 1.82) is 0 Å². The molecule has 146 valence electrons. The summed E-state index contributed by atoms with van der Waals surface area (Å²) in [6.07, 6.45) is 3.23. The van der Waals surface area contributed by atoms with E-state index in [9.17, 15) is 19.2 Å². The minimum Gasteiger partial charge on any atom is -0.460 e. The largest absolute Gasteiger partial charge is 0.460 e. The molecule has 1 aromatic heterocycles. The lowest BCUT2D eigenvalue weighted by Crippen LogP contribution is -2.24. The number of carbonyl (C=O) groups is 4. The van der Waals surface area contributed by atoms with Gasteiger partial charge < -0.3 is 9.47 Å². The Morgan fingerprint density at radius 1 is 0.964 bits per heavy atom. The second kappa shape index (κ2) is 9.21. The van der Waals surface area contributed by atoms with Gasteiger partial charge in [0.1, 0.15) is 6.61 Å². The summed E-state index contributed by atoms with van der Waals surface area (Å²) in [6.45, 7) is 0.133. The molecule has 0 amide bonds. The highest BCUT2D eigenvalue weighted by Crippen LogP contribution is 2.36. The highest BCUT2D eigenvalue weighted by molar-refractivity contribution is 6.00. The Morgan fingerprint density at radius 3 is 2.39 bits per heavy atom. The van der Waals surface area contributed by atoms with E-state index in [2.05, 4.69) is 9.47 Å². The fourth-order valence-corrected chi connectivity index (χ4v) is 3.68. The first-order valence-electron chi connectivity index (χ1n) is 9.19. The van der Waals surface area contributed by atoms with Gasteiger partial charge in [-0.05, 0) is 49.9 Å². The Labute approximate surface area is 162 Å². The zero-order valence-electron chi connectivity index (χ0n) is 15.3. The van der Waals surface area contributed by atoms with E-state index in [4.69, 9.17) is 4.98 Å². The molecule has 0 spiro atoms. The maximum absolute atomic E-state index is 12.0. The van der Waals surface area contributed by atoms with Gasteiger partial charge in [-0.2, -0.15) is 0 Å². The van der Waals surface area contributed by atoms with Crippen LogP contribution in [0.4, 0.5) is 0 Å². The molecule has 7 nitrogen and oxygen atoms in total. The van der Waals surface area contributed by atoms with Crippen molar-refractivity contribution in [3.8, 4) is 0 Å². The van der Waals surface area contributed by atoms with Crippen LogP contribution in [0.2, 0.25) is 0 Å². The van der Waals surface area contributed by atoms with Crippen LogP contribution in [0.1, 0.15) is 47.7 Å². The first-order chi connectivity index (χ1) is 13.6. The zero-order valence-corrected chi connectivity index (χ0v) is 15.3. The molecule has 1 heterocycles. The van der Waals surface area contributed by atoms with Gasteiger partial charge in [-0.1, -0.05) is 6.07 Å². The smallest absolute Gasteiger partial charge is 0.293 e. The summed E-state index contributed by atoms with van der Waals surface area (Å²) in [5.41, 5.74) is 2.24. The van der Waals surface area contributed by atoms with Crippen LogP contribution < -0.4 is 0 Å². The molecule has 7 heteroatoms. The number of ketones is 2. The van der Waals surface area contributed by atoms with Crippen LogP contribution in [0.25, 0.3) is 10.9 Å². The fourth-order valence-electron chi connectivity index (χ4n) is 3.68. The predicted octanol–water partition coefficient (Wildman–Crippen LogP) is 2.61. The number of Topliss-reactive ketones (excluding diaryl/α,β-unsaturated/α-hetero) is 2. The summed E-state index contributed by atoms with van der Waals surface area (Å²) in [4.78, 5) is 49.1. The lowest BCUT2D eigenvalue weighted by atomic mass is 9.78. The van der Waals surface area contributed by atoms with Crippen molar-refractivity contribution >= 4 is 35.4 Å². The molecule has 1 aliphatic carbocycles. The molecule has 0 radical (unpaired) electrons. The van der Waals surface area contributed by atoms with Crippen LogP contribution in [0.5, 0.6) is 0 Å². The van der Waals surface area contributed by atoms with Gasteiger partial charge in [0, 0.05) is 28.5 Å². The Kier molecular flexibility index (Phi) is 6.47. The van der Waals surface area contributed by atoms with E-state index < -0.39 is 0 Å². The number of ether oxygens (including phenoxy) is 2. The van der Waals surface area contributed by atoms with Crippen molar-refractivity contribution in [3.05, 3.63) is 41.6 Å². The molecular weight excluding hydrogens is 362 g/mol. The Hall–Kier alpha value is -3.09. The van der Waals surface area contributed by atoms with Gasteiger partial charge >= 0.3 is 0 Å². The van der Waals surface area contributed by atoms with Crippen molar-refractivity contribution in [2.24, 2.45) is 5.92 Å². The van der Waals surface area contributed by atoms with Gasteiger partial charge in [-0.25, -0.2) is 0 Å². The van der Waals surface area contributed by atoms with E-state index in [0.717, 1.165) is 42.3 Å². The van der Waals surface area contributed by atoms with Crippen molar-refractivity contribution < 1.29 is 28.7 Å². The third kappa shape index (κ3) is 4.60. The van der Waals surface area contributed by atoms with Gasteiger partial charge in [0.05, 0.1) is 5.52 Å². The van der Waals surface area contributed by atoms with E-state index in [1.54, 1.807) is 18.2 Å². The first kappa shape index (κ1) is 19.7. The van der Waals surface area contributed by atoms with E-state index in [-0.39, 0.29) is 43.1 Å². The molecule has 28 heavy (non-hydrogen) atoms. The molecule has 0 unspecified atom stereocenters. The number of hydrogen-bond donors (Lipinski definition) is 0. The van der Waals surface area contributed by atoms with Crippen LogP contribution in [0.3, 0.4) is 0 Å². The topological polar surface area (TPSA) is 99.6 Å². The summed E-state index contributed by atoms with van der Waals surface area (Å²) in [5.74, 6) is -0.0612. The minimum absolute atomic E-state index is 0.0206. The van der Waals surface area contributed by atoms with Gasteiger partial charge in [-0.15, -0.1) is 0 Å². The van der Waals surface area contributed by atoms with Crippen molar-refractivity contribution in [2.75, 3.05) is 13.2 Å². The normalized spacial score (nSPS) is 19.0. The molecule has 0 saturated heterocycles. The molecule has 0 aliphatic heterocycles. The lowest BCUT2D eigenvalue weighted by Gasteiger charge is -2.27. The van der Waals surface area contributed by atoms with E-state index in [1.807, 2.05) is 12.1 Å². The number of rotatable bonds is 9. The van der Waals surface area contributed by atoms with Crippen LogP contribution in [-0.4, -0.2) is 42.7 Å². The third-order valence-corrected chi connectivity index (χ3v) is 5.21. The SMILES string of the molecule is O=COCC(=O)c1ccc2nc(C3CCC(C(=O)COC=O)CC3)ccc2c1. The van der Waals surface area contributed by atoms with Gasteiger partial charge in [-0.3, -0.25) is 24.2 Å². The second-order valence-corrected chi connectivity index (χ2v) is 6.90. The highest BCUT2D eigenvalue weighted by Gasteiger charge is 2.27. The quantitative estimate of drug-likeness (QED) is 0.485. The summed E-state index contributed by atoms with van der Waals surface area (Å²) in [5, 5.41) is 0.843. The summed E-state index contributed by atoms with van der Waals surface area (Å²) in [6, 6.07) is 9.10. The second-order valence-electron chi connectivity index (χ2n) is 6.90. The molecule has 0 N–H and O–H groups in total. The van der Waals surface area contributed by atoms with E-state index in [0.29, 0.717) is 12.0 Å². The molecule has 2 aromatic rings. The molecule has 0 atom stereocenters. The molecule has 3 rings (SSSR count). The molecule has 1 aromatic carbocycles. The van der Waals surface area contributed by atoms with Crippen molar-refractivity contribution in [1.82, 2.24) is 4.98 Å². The lowest BCUT2D eigenvalue weighted by molar-refractivity contribution is -0.138. The number of aromatic nitrogens is 1. The van der Waals surface area contributed by atoms with Gasteiger partial charge in [0.15, 0.2) is 18.2 Å². The van der Waals surface area contributed by atoms with Crippen LogP contribution >= 0.6 is 0 Å². The Morgan fingerprint density at radius 2 is 1.68 bits per heavy atom. The average molecular weight is 383 g/mol. The molecule has 1 aliphatic rings. The van der Waals surface area contributed by atoms with Gasteiger partial charge in [0.25, 0.3) is 12.9 Å². The Balaban J connectivity index is 1.66. The number of pyridine rings is 1. The number of benzene rings is 1. The molecule has 1 fully saturated rings. The maximum atomic E-state index is 12.0. The molecule has 1 saturated carbocycles. The van der Waals surface area contributed by atoms with Crippen LogP contribution in [0.15, 0.2) is 30.3 Å². The minimum atomic E-state index is -0.277. The number of nitrogens with zero attached hydrogens (tertiary/aromatic N) is 1. The standard InChI is InChI=1S/C21H21NO6/c23-12-27-10-20(25)15-3-1-14(2-4-15)18-7-5-16-9-17(6-8-19(16)22-18)21(26)11-28-13-24/h5-9,12-15H,1-4,10-11H2. The fraction of sp³-hybridized carbons (Fsp3) is 0.381.